The predicted octanol–water partition coefficient (Wildman–Crippen LogP) is -1.57. The smallest absolute Gasteiger partial charge is 0.405 e. The zero-order valence-electron chi connectivity index (χ0n) is 7.52. The first-order chi connectivity index (χ1) is 6.02. The first-order valence-corrected chi connectivity index (χ1v) is 3.50. The van der Waals surface area contributed by atoms with Crippen LogP contribution in [0.25, 0.3) is 0 Å². The fraction of sp³-hybridized carbons (Fsp3) is 0.667. The number of carbonyl (C=O) groups is 2. The van der Waals surface area contributed by atoms with Crippen LogP contribution in [0.1, 0.15) is 0 Å². The molecule has 13 heavy (non-hydrogen) atoms. The van der Waals surface area contributed by atoms with Gasteiger partial charge < -0.3 is 16.2 Å². The molecule has 0 aliphatic carbocycles. The average molecular weight is 191 g/mol. The number of nitrogens with zero attached hydrogens (tertiary/aromatic N) is 1. The average Bonchev–Trinajstić information content (AvgIpc) is 2.11. The molecule has 2 amide bonds. The zero-order valence-corrected chi connectivity index (χ0v) is 7.52. The van der Waals surface area contributed by atoms with Crippen LogP contribution in [0.3, 0.4) is 0 Å². The Balaban J connectivity index is 4.22. The second-order valence-electron chi connectivity index (χ2n) is 2.18. The fourth-order valence-electron chi connectivity index (χ4n) is 0.632. The molecule has 0 aliphatic rings. The second-order valence-corrected chi connectivity index (χ2v) is 2.18. The van der Waals surface area contributed by atoms with Crippen LogP contribution in [0.4, 0.5) is 4.79 Å². The van der Waals surface area contributed by atoms with Gasteiger partial charge in [0, 0.05) is 13.6 Å². The van der Waals surface area contributed by atoms with Crippen LogP contribution in [0.5, 0.6) is 0 Å². The number of ether oxygens (including phenoxy) is 1. The number of rotatable bonds is 4. The SMILES string of the molecule is CON(C)C(=O)C(CN)OC(N)=O. The van der Waals surface area contributed by atoms with Crippen molar-refractivity contribution in [3.05, 3.63) is 0 Å². The van der Waals surface area contributed by atoms with Crippen molar-refractivity contribution in [3.8, 4) is 0 Å². The molecule has 7 nitrogen and oxygen atoms in total. The standard InChI is InChI=1S/C6H13N3O4/c1-9(12-2)5(10)4(3-7)13-6(8)11/h4H,3,7H2,1-2H3,(H2,8,11). The molecule has 0 spiro atoms. The minimum atomic E-state index is -1.09. The van der Waals surface area contributed by atoms with E-state index in [1.165, 1.54) is 14.2 Å². The van der Waals surface area contributed by atoms with E-state index in [0.717, 1.165) is 5.06 Å². The van der Waals surface area contributed by atoms with Gasteiger partial charge in [0.05, 0.1) is 7.11 Å². The largest absolute Gasteiger partial charge is 0.435 e. The monoisotopic (exact) mass is 191 g/mol. The third kappa shape index (κ3) is 3.72. The van der Waals surface area contributed by atoms with Gasteiger partial charge in [-0.25, -0.2) is 9.86 Å². The van der Waals surface area contributed by atoms with Crippen molar-refractivity contribution in [1.29, 1.82) is 0 Å². The van der Waals surface area contributed by atoms with E-state index >= 15 is 0 Å². The Labute approximate surface area is 75.5 Å². The van der Waals surface area contributed by atoms with Crippen LogP contribution in [0.15, 0.2) is 0 Å². The molecule has 0 bridgehead atoms. The normalized spacial score (nSPS) is 11.9. The summed E-state index contributed by atoms with van der Waals surface area (Å²) < 4.78 is 4.43. The molecule has 0 aromatic rings. The van der Waals surface area contributed by atoms with Gasteiger partial charge in [-0.1, -0.05) is 0 Å². The van der Waals surface area contributed by atoms with Crippen molar-refractivity contribution >= 4 is 12.0 Å². The number of hydrogen-bond donors (Lipinski definition) is 2. The molecule has 4 N–H and O–H groups in total. The van der Waals surface area contributed by atoms with Gasteiger partial charge in [-0.15, -0.1) is 0 Å². The first kappa shape index (κ1) is 11.7. The molecule has 0 heterocycles. The Morgan fingerprint density at radius 3 is 2.38 bits per heavy atom. The lowest BCUT2D eigenvalue weighted by Crippen LogP contribution is -2.43. The minimum absolute atomic E-state index is 0.143. The van der Waals surface area contributed by atoms with Gasteiger partial charge in [-0.05, 0) is 0 Å². The molecule has 0 saturated heterocycles. The number of hydroxylamine groups is 2. The summed E-state index contributed by atoms with van der Waals surface area (Å²) in [6.07, 6.45) is -2.14. The molecule has 7 heteroatoms. The quantitative estimate of drug-likeness (QED) is 0.522. The number of nitrogens with two attached hydrogens (primary N) is 2. The van der Waals surface area contributed by atoms with Crippen molar-refractivity contribution in [2.24, 2.45) is 11.5 Å². The Kier molecular flexibility index (Phi) is 4.78. The lowest BCUT2D eigenvalue weighted by Gasteiger charge is -2.19. The third-order valence-electron chi connectivity index (χ3n) is 1.33. The van der Waals surface area contributed by atoms with Gasteiger partial charge in [-0.3, -0.25) is 9.63 Å². The van der Waals surface area contributed by atoms with Crippen LogP contribution in [0.2, 0.25) is 0 Å². The van der Waals surface area contributed by atoms with Gasteiger partial charge in [0.25, 0.3) is 5.91 Å². The third-order valence-corrected chi connectivity index (χ3v) is 1.33. The van der Waals surface area contributed by atoms with Gasteiger partial charge in [-0.2, -0.15) is 0 Å². The van der Waals surface area contributed by atoms with Crippen LogP contribution in [-0.4, -0.2) is 43.9 Å². The maximum atomic E-state index is 11.2. The fourth-order valence-corrected chi connectivity index (χ4v) is 0.632. The lowest BCUT2D eigenvalue weighted by atomic mass is 10.3. The van der Waals surface area contributed by atoms with E-state index in [2.05, 4.69) is 9.57 Å². The van der Waals surface area contributed by atoms with Gasteiger partial charge in [0.2, 0.25) is 0 Å². The van der Waals surface area contributed by atoms with Crippen molar-refractivity contribution in [1.82, 2.24) is 5.06 Å². The molecular weight excluding hydrogens is 178 g/mol. The highest BCUT2D eigenvalue weighted by molar-refractivity contribution is 5.82. The van der Waals surface area contributed by atoms with Gasteiger partial charge >= 0.3 is 6.09 Å². The molecule has 0 radical (unpaired) electrons. The number of hydrogen-bond acceptors (Lipinski definition) is 5. The molecule has 76 valence electrons. The van der Waals surface area contributed by atoms with E-state index in [-0.39, 0.29) is 6.54 Å². The number of likely N-dealkylation sites (N-methyl/N-ethyl adjacent to an activating group) is 1. The topological polar surface area (TPSA) is 108 Å². The van der Waals surface area contributed by atoms with Crippen LogP contribution in [0, 0.1) is 0 Å². The predicted molar refractivity (Wildman–Crippen MR) is 43.3 cm³/mol. The summed E-state index contributed by atoms with van der Waals surface area (Å²) in [4.78, 5) is 26.1. The van der Waals surface area contributed by atoms with Crippen molar-refractivity contribution in [3.63, 3.8) is 0 Å². The Morgan fingerprint density at radius 2 is 2.08 bits per heavy atom. The van der Waals surface area contributed by atoms with Crippen LogP contribution < -0.4 is 11.5 Å². The van der Waals surface area contributed by atoms with Crippen LogP contribution in [-0.2, 0) is 14.4 Å². The molecule has 0 aromatic heterocycles. The molecule has 0 fully saturated rings. The first-order valence-electron chi connectivity index (χ1n) is 3.50. The maximum Gasteiger partial charge on any atom is 0.405 e. The zero-order chi connectivity index (χ0) is 10.4. The van der Waals surface area contributed by atoms with Crippen molar-refractivity contribution in [2.75, 3.05) is 20.7 Å². The molecule has 0 rings (SSSR count). The summed E-state index contributed by atoms with van der Waals surface area (Å²) in [6, 6.07) is 0. The Bertz CT molecular complexity index is 196. The maximum absolute atomic E-state index is 11.2. The highest BCUT2D eigenvalue weighted by Gasteiger charge is 2.23. The molecular formula is C6H13N3O4. The van der Waals surface area contributed by atoms with E-state index in [1.54, 1.807) is 0 Å². The molecule has 0 saturated carbocycles. The van der Waals surface area contributed by atoms with E-state index < -0.39 is 18.1 Å². The van der Waals surface area contributed by atoms with E-state index in [9.17, 15) is 9.59 Å². The Hall–Kier alpha value is -1.34. The number of primary amides is 1. The summed E-state index contributed by atoms with van der Waals surface area (Å²) in [6.45, 7) is -0.143. The van der Waals surface area contributed by atoms with Gasteiger partial charge in [0.1, 0.15) is 0 Å². The summed E-state index contributed by atoms with van der Waals surface area (Å²) >= 11 is 0. The summed E-state index contributed by atoms with van der Waals surface area (Å²) in [5.74, 6) is -0.566. The number of amides is 2. The second kappa shape index (κ2) is 5.33. The van der Waals surface area contributed by atoms with Crippen molar-refractivity contribution < 1.29 is 19.2 Å². The van der Waals surface area contributed by atoms with Crippen molar-refractivity contribution in [2.45, 2.75) is 6.10 Å². The lowest BCUT2D eigenvalue weighted by molar-refractivity contribution is -0.177. The Morgan fingerprint density at radius 1 is 1.54 bits per heavy atom. The molecule has 1 unspecified atom stereocenters. The molecule has 0 aliphatic heterocycles. The summed E-state index contributed by atoms with van der Waals surface area (Å²) in [5.41, 5.74) is 9.90. The molecule has 0 aromatic carbocycles. The summed E-state index contributed by atoms with van der Waals surface area (Å²) in [7, 11) is 2.67. The summed E-state index contributed by atoms with van der Waals surface area (Å²) in [5, 5.41) is 0.903. The highest BCUT2D eigenvalue weighted by atomic mass is 16.7. The minimum Gasteiger partial charge on any atom is -0.435 e. The van der Waals surface area contributed by atoms with E-state index in [1.807, 2.05) is 0 Å². The number of carbonyl (C=O) groups excluding carboxylic acids is 2. The van der Waals surface area contributed by atoms with Gasteiger partial charge in [0.15, 0.2) is 6.10 Å². The van der Waals surface area contributed by atoms with E-state index in [0.29, 0.717) is 0 Å². The molecule has 1 atom stereocenters. The van der Waals surface area contributed by atoms with Crippen LogP contribution >= 0.6 is 0 Å². The van der Waals surface area contributed by atoms with E-state index in [4.69, 9.17) is 11.5 Å². The highest BCUT2D eigenvalue weighted by Crippen LogP contribution is 1.96.